The molecule has 145 heavy (non-hydrogen) atoms. The Morgan fingerprint density at radius 1 is 0.407 bits per heavy atom. The highest BCUT2D eigenvalue weighted by Crippen LogP contribution is 2.22. The Kier molecular flexibility index (Phi) is 64.2. The van der Waals surface area contributed by atoms with Crippen molar-refractivity contribution >= 4 is 106 Å². The molecule has 0 spiro atoms. The maximum absolute atomic E-state index is 15.0. The van der Waals surface area contributed by atoms with E-state index in [4.69, 9.17) is 48.6 Å². The van der Waals surface area contributed by atoms with Crippen molar-refractivity contribution in [2.24, 2.45) is 58.1 Å². The lowest BCUT2D eigenvalue weighted by molar-refractivity contribution is -0.142. The van der Waals surface area contributed by atoms with Crippen molar-refractivity contribution in [3.8, 4) is 0 Å². The minimum absolute atomic E-state index is 0.0129. The number of carboxylic acid groups (broad SMARTS) is 1. The molecule has 0 saturated heterocycles. The monoisotopic (exact) mass is 2050 g/mol. The van der Waals surface area contributed by atoms with Crippen LogP contribution in [0, 0.1) is 23.7 Å². The van der Waals surface area contributed by atoms with Crippen LogP contribution in [0.2, 0.25) is 0 Å². The maximum atomic E-state index is 15.0. The van der Waals surface area contributed by atoms with E-state index >= 15 is 4.79 Å². The Hall–Kier alpha value is -11.0. The number of aliphatic hydroxyl groups excluding tert-OH is 1. The van der Waals surface area contributed by atoms with Crippen LogP contribution < -0.4 is 125 Å². The van der Waals surface area contributed by atoms with E-state index in [0.717, 1.165) is 0 Å². The molecule has 0 unspecified atom stereocenters. The highest BCUT2D eigenvalue weighted by Gasteiger charge is 2.44. The van der Waals surface area contributed by atoms with Crippen molar-refractivity contribution in [1.82, 2.24) is 90.4 Å². The Balaban J connectivity index is 2.53. The van der Waals surface area contributed by atoms with Crippen LogP contribution in [0.3, 0.4) is 0 Å². The molecule has 0 aromatic heterocycles. The Bertz CT molecular complexity index is 4210. The summed E-state index contributed by atoms with van der Waals surface area (Å²) in [6.07, 6.45) is 8.80. The van der Waals surface area contributed by atoms with E-state index in [-0.39, 0.29) is 147 Å². The molecular weight excluding hydrogens is 1880 g/mol. The average Bonchev–Trinajstić information content (AvgIpc) is 1.10. The third kappa shape index (κ3) is 51.8. The number of nitrogens with two attached hydrogens (primary N) is 6. The minimum atomic E-state index is -1.93. The quantitative estimate of drug-likeness (QED) is 0.0242. The molecule has 46 heteroatoms. The number of benzene rings is 1. The SMILES string of the molecule is CC(C)C[C@H](NC(=O)[C@H](C)NC(=O)[C@]1(C)CCC/C=C/CCC[C@](C)(NC(=O)[C@H](CO)NC(=O)[C@@H](NC(=O)[C@H](CC(C)C)NC(=O)[C@H](Cc2ccccc2)NC(=O)[C@H](CCCCN)NC(=O)[C@H](C)NC(=O)[C@H](CC(C)C)NC(=O)[C@H](CCCCN)NC(=O)[C@H](CCCCN)NC(=O)COCCOCCOCCN)C(C)C)C(=O)N[C@@H](C)C(=O)N[C@@H](C)C(=O)N[C@@H](CCCCN)C(=O)N1)C(=O)N[C@@H](CCCCN)C(=O)O. The second-order valence-electron chi connectivity index (χ2n) is 39.2. The van der Waals surface area contributed by atoms with Gasteiger partial charge >= 0.3 is 5.97 Å². The summed E-state index contributed by atoms with van der Waals surface area (Å²) in [6, 6.07) is -11.9. The Morgan fingerprint density at radius 3 is 1.28 bits per heavy atom. The number of allylic oxidation sites excluding steroid dienone is 2. The van der Waals surface area contributed by atoms with Gasteiger partial charge < -0.3 is 149 Å². The highest BCUT2D eigenvalue weighted by atomic mass is 16.5. The van der Waals surface area contributed by atoms with E-state index in [0.29, 0.717) is 109 Å². The van der Waals surface area contributed by atoms with Gasteiger partial charge in [-0.1, -0.05) is 97.9 Å². The third-order valence-corrected chi connectivity index (χ3v) is 24.2. The summed E-state index contributed by atoms with van der Waals surface area (Å²) in [4.78, 5) is 256. The van der Waals surface area contributed by atoms with Gasteiger partial charge in [-0.2, -0.15) is 0 Å². The predicted octanol–water partition coefficient (Wildman–Crippen LogP) is -2.23. The molecule has 1 aromatic carbocycles. The molecule has 0 aliphatic carbocycles. The molecule has 1 aromatic rings. The maximum Gasteiger partial charge on any atom is 0.326 e. The number of unbranched alkanes of at least 4 members (excludes halogenated alkanes) is 5. The first kappa shape index (κ1) is 130. The van der Waals surface area contributed by atoms with Gasteiger partial charge in [0.2, 0.25) is 100 Å². The van der Waals surface area contributed by atoms with Gasteiger partial charge in [0.15, 0.2) is 0 Å². The van der Waals surface area contributed by atoms with Crippen LogP contribution in [0.4, 0.5) is 0 Å². The number of nitrogens with one attached hydrogen (secondary N) is 17. The predicted molar refractivity (Wildman–Crippen MR) is 546 cm³/mol. The van der Waals surface area contributed by atoms with E-state index in [1.54, 1.807) is 97.9 Å². The fourth-order valence-corrected chi connectivity index (χ4v) is 15.6. The van der Waals surface area contributed by atoms with Crippen LogP contribution in [0.1, 0.15) is 257 Å². The zero-order valence-electron chi connectivity index (χ0n) is 87.8. The number of ether oxygens (including phenoxy) is 3. The molecule has 17 atom stereocenters. The summed E-state index contributed by atoms with van der Waals surface area (Å²) in [6.45, 7) is 23.5. The second kappa shape index (κ2) is 71.5. The minimum Gasteiger partial charge on any atom is -0.480 e. The second-order valence-corrected chi connectivity index (χ2v) is 39.2. The zero-order chi connectivity index (χ0) is 109. The number of carboxylic acids is 1. The fourth-order valence-electron chi connectivity index (χ4n) is 15.6. The molecule has 0 bridgehead atoms. The summed E-state index contributed by atoms with van der Waals surface area (Å²) in [5.74, 6) is -16.8. The van der Waals surface area contributed by atoms with Crippen molar-refractivity contribution in [3.05, 3.63) is 48.0 Å². The first-order valence-electron chi connectivity index (χ1n) is 51.3. The summed E-state index contributed by atoms with van der Waals surface area (Å²) in [5.41, 5.74) is 31.3. The topological polar surface area (TPSA) is 736 Å². The lowest BCUT2D eigenvalue weighted by Crippen LogP contribution is -2.65. The fraction of sp³-hybridized carbons (Fsp3) is 0.737. The molecule has 0 radical (unpaired) electrons. The zero-order valence-corrected chi connectivity index (χ0v) is 87.8. The van der Waals surface area contributed by atoms with E-state index < -0.39 is 227 Å². The summed E-state index contributed by atoms with van der Waals surface area (Å²) in [7, 11) is 0. The lowest BCUT2D eigenvalue weighted by atomic mass is 9.91. The van der Waals surface area contributed by atoms with Gasteiger partial charge in [-0.25, -0.2) is 4.79 Å². The Labute approximate surface area is 854 Å². The van der Waals surface area contributed by atoms with Crippen LogP contribution in [0.25, 0.3) is 0 Å². The number of carbonyl (C=O) groups excluding carboxylic acids is 17. The number of carbonyl (C=O) groups is 18. The van der Waals surface area contributed by atoms with Crippen molar-refractivity contribution < 1.29 is 111 Å². The number of amides is 17. The average molecular weight is 2060 g/mol. The highest BCUT2D eigenvalue weighted by molar-refractivity contribution is 6.02. The first-order valence-corrected chi connectivity index (χ1v) is 51.3. The van der Waals surface area contributed by atoms with Gasteiger partial charge in [0, 0.05) is 13.0 Å². The van der Waals surface area contributed by atoms with Gasteiger partial charge in [-0.3, -0.25) is 81.5 Å². The van der Waals surface area contributed by atoms with Crippen molar-refractivity contribution in [2.45, 2.75) is 359 Å². The first-order chi connectivity index (χ1) is 68.7. The smallest absolute Gasteiger partial charge is 0.326 e. The van der Waals surface area contributed by atoms with E-state index in [9.17, 15) is 91.7 Å². The molecule has 2 rings (SSSR count). The lowest BCUT2D eigenvalue weighted by Gasteiger charge is -2.33. The number of rotatable bonds is 66. The summed E-state index contributed by atoms with van der Waals surface area (Å²) >= 11 is 0. The molecule has 0 saturated carbocycles. The van der Waals surface area contributed by atoms with Gasteiger partial charge in [-0.05, 0) is 258 Å². The van der Waals surface area contributed by atoms with Crippen molar-refractivity contribution in [2.75, 3.05) is 85.5 Å². The van der Waals surface area contributed by atoms with Crippen LogP contribution >= 0.6 is 0 Å². The molecule has 1 heterocycles. The van der Waals surface area contributed by atoms with E-state index in [1.165, 1.54) is 41.5 Å². The Morgan fingerprint density at radius 2 is 0.800 bits per heavy atom. The van der Waals surface area contributed by atoms with E-state index in [1.807, 2.05) is 0 Å². The number of hydrogen-bond donors (Lipinski definition) is 25. The third-order valence-electron chi connectivity index (χ3n) is 24.2. The normalized spacial score (nSPS) is 19.4. The largest absolute Gasteiger partial charge is 0.480 e. The van der Waals surface area contributed by atoms with Crippen LogP contribution in [-0.2, 0) is 107 Å². The number of hydrogen-bond acceptors (Lipinski definition) is 28. The van der Waals surface area contributed by atoms with Gasteiger partial charge in [0.1, 0.15) is 108 Å². The molecule has 17 amide bonds. The molecule has 1 aliphatic heterocycles. The molecular formula is C99H175N23O23. The van der Waals surface area contributed by atoms with Gasteiger partial charge in [0.05, 0.1) is 39.6 Å². The number of aliphatic hydroxyl groups is 1. The van der Waals surface area contributed by atoms with Crippen LogP contribution in [0.5, 0.6) is 0 Å². The van der Waals surface area contributed by atoms with Crippen LogP contribution in [-0.4, -0.2) is 304 Å². The molecule has 46 nitrogen and oxygen atoms in total. The van der Waals surface area contributed by atoms with E-state index in [2.05, 4.69) is 90.4 Å². The number of aliphatic carboxylic acids is 1. The molecule has 824 valence electrons. The van der Waals surface area contributed by atoms with Gasteiger partial charge in [-0.15, -0.1) is 0 Å². The summed E-state index contributed by atoms with van der Waals surface area (Å²) in [5, 5.41) is 66.3. The molecule has 31 N–H and O–H groups in total. The molecule has 0 fully saturated rings. The summed E-state index contributed by atoms with van der Waals surface area (Å²) < 4.78 is 16.2. The van der Waals surface area contributed by atoms with Crippen LogP contribution in [0.15, 0.2) is 42.5 Å². The molecule has 1 aliphatic rings. The van der Waals surface area contributed by atoms with Gasteiger partial charge in [0.25, 0.3) is 0 Å². The van der Waals surface area contributed by atoms with Crippen molar-refractivity contribution in [1.29, 1.82) is 0 Å². The van der Waals surface area contributed by atoms with Crippen molar-refractivity contribution in [3.63, 3.8) is 0 Å². The standard InChI is InChI=1S/C99H175N23O23/c1-60(2)54-74(116-87(131)71(38-24-31-45-102)113-85(129)69(36-22-29-43-100)110-79(124)59-145-53-52-144-51-50-143-49-48-105)88(132)107-65(10)83(127)111-70(37-23-30-44-101)86(130)118-77(57-68-34-20-19-21-35-68)90(134)117-76(56-62(5)6)91(135)120-80(63(7)8)94(138)119-78(58-123)93(137)122-99(14)42-28-18-16-15-17-27-41-98(13,121-92(136)72(39-25-32-46-103)112-82(126)64(9)106-81(125)66(11)108-97(99)142)96(141)109-67(12)84(128)115-75(55-61(3)4)89(133)114-73(95(139)140)40-26-33-47-104/h15-16,19-21,34-35,60-67,69-78,80,123H,17-18,22-33,36-59,100-105H2,1-14H3,(H,106,125)(H,107,132)(H,108,142)(H,109,141)(H,110,124)(H,111,127)(H,112,126)(H,113,129)(H,114,133)(H,115,128)(H,116,131)(H,117,134)(H,118,130)(H,119,138)(H,120,135)(H,121,136)(H,122,137)(H,139,140)/b16-15+/t64-,65-,66-,67-,69-,70-,71-,72-,73-,74-,75-,76-,77-,78-,80-,98-,99-/m0/s1.